The highest BCUT2D eigenvalue weighted by Crippen LogP contribution is 2.15. The number of rotatable bonds is 6. The Kier molecular flexibility index (Phi) is 6.86. The Balaban J connectivity index is 1.46. The van der Waals surface area contributed by atoms with Crippen LogP contribution in [-0.4, -0.2) is 66.9 Å². The lowest BCUT2D eigenvalue weighted by Gasteiger charge is -2.31. The lowest BCUT2D eigenvalue weighted by molar-refractivity contribution is 0.0860. The Morgan fingerprint density at radius 1 is 1.33 bits per heavy atom. The van der Waals surface area contributed by atoms with Crippen molar-refractivity contribution in [1.82, 2.24) is 15.2 Å². The molecule has 0 aliphatic carbocycles. The Hall–Kier alpha value is -2.35. The Morgan fingerprint density at radius 3 is 2.85 bits per heavy atom. The molecule has 0 aromatic carbocycles. The highest BCUT2D eigenvalue weighted by Gasteiger charge is 2.25. The number of nitrogens with zero attached hydrogens (tertiary/aromatic N) is 2. The first-order valence-corrected chi connectivity index (χ1v) is 9.69. The van der Waals surface area contributed by atoms with Gasteiger partial charge in [-0.3, -0.25) is 4.79 Å². The fraction of sp³-hybridized carbons (Fsp3) is 0.632. The van der Waals surface area contributed by atoms with Crippen LogP contribution in [0.25, 0.3) is 0 Å². The highest BCUT2D eigenvalue weighted by atomic mass is 16.6. The van der Waals surface area contributed by atoms with E-state index >= 15 is 0 Å². The number of piperidine rings is 1. The first kappa shape index (κ1) is 19.4. The fourth-order valence-electron chi connectivity index (χ4n) is 3.38. The molecule has 1 aromatic heterocycles. The average Bonchev–Trinajstić information content (AvgIpc) is 3.21. The number of nitrogens with one attached hydrogen (secondary N) is 2. The van der Waals surface area contributed by atoms with E-state index in [-0.39, 0.29) is 24.1 Å². The molecule has 0 radical (unpaired) electrons. The van der Waals surface area contributed by atoms with Crippen molar-refractivity contribution >= 4 is 17.8 Å². The van der Waals surface area contributed by atoms with Gasteiger partial charge in [0.05, 0.1) is 12.7 Å². The van der Waals surface area contributed by atoms with Gasteiger partial charge in [0.25, 0.3) is 5.91 Å². The molecular formula is C19H28N4O4. The zero-order valence-electron chi connectivity index (χ0n) is 15.8. The molecule has 1 unspecified atom stereocenters. The molecule has 2 fully saturated rings. The molecule has 0 spiro atoms. The maximum atomic E-state index is 12.5. The summed E-state index contributed by atoms with van der Waals surface area (Å²) in [4.78, 5) is 30.2. The molecule has 2 aliphatic heterocycles. The molecule has 2 N–H and O–H groups in total. The van der Waals surface area contributed by atoms with E-state index in [1.165, 1.54) is 0 Å². The normalized spacial score (nSPS) is 20.3. The van der Waals surface area contributed by atoms with E-state index in [2.05, 4.69) is 15.6 Å². The number of pyridine rings is 1. The van der Waals surface area contributed by atoms with E-state index < -0.39 is 0 Å². The Morgan fingerprint density at radius 2 is 2.15 bits per heavy atom. The molecule has 2 saturated heterocycles. The predicted molar refractivity (Wildman–Crippen MR) is 101 cm³/mol. The standard InChI is InChI=1S/C19H28N4O4/c1-2-26-19(25)23-9-6-15(7-10-23)22-18(24)14-5-8-20-17(12-14)21-13-16-4-3-11-27-16/h5,8,12,15-16H,2-4,6-7,9-11,13H2,1H3,(H,20,21)(H,22,24). The molecular weight excluding hydrogens is 348 g/mol. The van der Waals surface area contributed by atoms with Crippen LogP contribution in [0.3, 0.4) is 0 Å². The number of likely N-dealkylation sites (tertiary alicyclic amines) is 1. The van der Waals surface area contributed by atoms with Gasteiger partial charge in [0.2, 0.25) is 0 Å². The van der Waals surface area contributed by atoms with Gasteiger partial charge in [-0.2, -0.15) is 0 Å². The number of hydrogen-bond acceptors (Lipinski definition) is 6. The van der Waals surface area contributed by atoms with Gasteiger partial charge in [-0.05, 0) is 44.7 Å². The first-order valence-electron chi connectivity index (χ1n) is 9.69. The van der Waals surface area contributed by atoms with Gasteiger partial charge < -0.3 is 25.0 Å². The van der Waals surface area contributed by atoms with Gasteiger partial charge >= 0.3 is 6.09 Å². The van der Waals surface area contributed by atoms with Crippen molar-refractivity contribution in [3.8, 4) is 0 Å². The average molecular weight is 376 g/mol. The molecule has 1 aromatic rings. The number of aromatic nitrogens is 1. The minimum absolute atomic E-state index is 0.0552. The summed E-state index contributed by atoms with van der Waals surface area (Å²) in [5.74, 6) is 0.558. The number of ether oxygens (including phenoxy) is 2. The molecule has 3 rings (SSSR count). The molecule has 2 amide bonds. The van der Waals surface area contributed by atoms with Crippen molar-refractivity contribution in [2.45, 2.75) is 44.8 Å². The predicted octanol–water partition coefficient (Wildman–Crippen LogP) is 2.02. The first-order chi connectivity index (χ1) is 13.2. The van der Waals surface area contributed by atoms with Crippen LogP contribution in [0.1, 0.15) is 43.0 Å². The van der Waals surface area contributed by atoms with Crippen molar-refractivity contribution in [3.63, 3.8) is 0 Å². The van der Waals surface area contributed by atoms with E-state index in [9.17, 15) is 9.59 Å². The summed E-state index contributed by atoms with van der Waals surface area (Å²) >= 11 is 0. The van der Waals surface area contributed by atoms with Crippen molar-refractivity contribution in [3.05, 3.63) is 23.9 Å². The van der Waals surface area contributed by atoms with Crippen molar-refractivity contribution < 1.29 is 19.1 Å². The van der Waals surface area contributed by atoms with Gasteiger partial charge in [-0.1, -0.05) is 0 Å². The van der Waals surface area contributed by atoms with E-state index in [4.69, 9.17) is 9.47 Å². The summed E-state index contributed by atoms with van der Waals surface area (Å²) in [7, 11) is 0. The van der Waals surface area contributed by atoms with E-state index in [0.29, 0.717) is 37.6 Å². The largest absolute Gasteiger partial charge is 0.450 e. The lowest BCUT2D eigenvalue weighted by Crippen LogP contribution is -2.46. The number of anilines is 1. The quantitative estimate of drug-likeness (QED) is 0.789. The smallest absolute Gasteiger partial charge is 0.409 e. The highest BCUT2D eigenvalue weighted by molar-refractivity contribution is 5.95. The number of carbonyl (C=O) groups excluding carboxylic acids is 2. The summed E-state index contributed by atoms with van der Waals surface area (Å²) in [5.41, 5.74) is 0.577. The van der Waals surface area contributed by atoms with Crippen LogP contribution in [0.15, 0.2) is 18.3 Å². The maximum Gasteiger partial charge on any atom is 0.409 e. The van der Waals surface area contributed by atoms with Crippen LogP contribution in [-0.2, 0) is 9.47 Å². The van der Waals surface area contributed by atoms with Crippen molar-refractivity contribution in [2.24, 2.45) is 0 Å². The van der Waals surface area contributed by atoms with Gasteiger partial charge in [0.15, 0.2) is 0 Å². The van der Waals surface area contributed by atoms with Gasteiger partial charge in [-0.15, -0.1) is 0 Å². The molecule has 0 saturated carbocycles. The molecule has 3 heterocycles. The van der Waals surface area contributed by atoms with Crippen LogP contribution >= 0.6 is 0 Å². The summed E-state index contributed by atoms with van der Waals surface area (Å²) in [6, 6.07) is 3.53. The Labute approximate surface area is 159 Å². The zero-order valence-corrected chi connectivity index (χ0v) is 15.8. The van der Waals surface area contributed by atoms with Crippen LogP contribution in [0, 0.1) is 0 Å². The third-order valence-corrected chi connectivity index (χ3v) is 4.91. The lowest BCUT2D eigenvalue weighted by atomic mass is 10.0. The van der Waals surface area contributed by atoms with Crippen LogP contribution in [0.4, 0.5) is 10.6 Å². The fourth-order valence-corrected chi connectivity index (χ4v) is 3.38. The molecule has 1 atom stereocenters. The van der Waals surface area contributed by atoms with Gasteiger partial charge in [0.1, 0.15) is 5.82 Å². The second-order valence-corrected chi connectivity index (χ2v) is 6.88. The van der Waals surface area contributed by atoms with Gasteiger partial charge in [0, 0.05) is 44.0 Å². The van der Waals surface area contributed by atoms with E-state index in [1.54, 1.807) is 30.2 Å². The van der Waals surface area contributed by atoms with Crippen LogP contribution in [0.2, 0.25) is 0 Å². The van der Waals surface area contributed by atoms with Crippen molar-refractivity contribution in [1.29, 1.82) is 0 Å². The summed E-state index contributed by atoms with van der Waals surface area (Å²) < 4.78 is 10.6. The SMILES string of the molecule is CCOC(=O)N1CCC(NC(=O)c2ccnc(NCC3CCCO3)c2)CC1. The topological polar surface area (TPSA) is 92.8 Å². The number of amides is 2. The molecule has 2 aliphatic rings. The second kappa shape index (κ2) is 9.55. The molecule has 148 valence electrons. The van der Waals surface area contributed by atoms with E-state index in [1.807, 2.05) is 0 Å². The van der Waals surface area contributed by atoms with Crippen LogP contribution < -0.4 is 10.6 Å². The minimum Gasteiger partial charge on any atom is -0.450 e. The second-order valence-electron chi connectivity index (χ2n) is 6.88. The summed E-state index contributed by atoms with van der Waals surface area (Å²) in [6.45, 7) is 4.87. The van der Waals surface area contributed by atoms with E-state index in [0.717, 1.165) is 32.3 Å². The van der Waals surface area contributed by atoms with Crippen LogP contribution in [0.5, 0.6) is 0 Å². The van der Waals surface area contributed by atoms with Crippen molar-refractivity contribution in [2.75, 3.05) is 38.2 Å². The maximum absolute atomic E-state index is 12.5. The molecule has 27 heavy (non-hydrogen) atoms. The minimum atomic E-state index is -0.279. The molecule has 8 heteroatoms. The third-order valence-electron chi connectivity index (χ3n) is 4.91. The number of hydrogen-bond donors (Lipinski definition) is 2. The summed E-state index contributed by atoms with van der Waals surface area (Å²) in [5, 5.41) is 6.29. The Bertz CT molecular complexity index is 640. The molecule has 8 nitrogen and oxygen atoms in total. The summed E-state index contributed by atoms with van der Waals surface area (Å²) in [6.07, 6.45) is 5.16. The molecule has 0 bridgehead atoms. The third kappa shape index (κ3) is 5.56. The number of carbonyl (C=O) groups is 2. The zero-order chi connectivity index (χ0) is 19.1. The van der Waals surface area contributed by atoms with Gasteiger partial charge in [-0.25, -0.2) is 9.78 Å². The monoisotopic (exact) mass is 376 g/mol.